The van der Waals surface area contributed by atoms with Crippen molar-refractivity contribution in [1.29, 1.82) is 5.26 Å². The Morgan fingerprint density at radius 1 is 1.11 bits per heavy atom. The van der Waals surface area contributed by atoms with Crippen LogP contribution >= 0.6 is 15.9 Å². The molecule has 1 heterocycles. The Morgan fingerprint density at radius 2 is 1.78 bits per heavy atom. The standard InChI is InChI=1S/C19H16BrF4N3/c1-12-11-26(8-9-27(12)15-5-3-14(20)4-6-15)16-7-2-13(10-25)17(18(16)21)19(22,23)24/h2-7,12H,8-9,11H2,1H3/t12-/m0/s1. The van der Waals surface area contributed by atoms with Gasteiger partial charge in [-0.1, -0.05) is 15.9 Å². The summed E-state index contributed by atoms with van der Waals surface area (Å²) in [5.41, 5.74) is -1.32. The molecule has 1 aliphatic rings. The lowest BCUT2D eigenvalue weighted by molar-refractivity contribution is -0.140. The van der Waals surface area contributed by atoms with Crippen LogP contribution in [0.2, 0.25) is 0 Å². The lowest BCUT2D eigenvalue weighted by Crippen LogP contribution is -2.52. The number of halogens is 5. The highest BCUT2D eigenvalue weighted by Gasteiger charge is 2.39. The average molecular weight is 442 g/mol. The van der Waals surface area contributed by atoms with Gasteiger partial charge in [-0.15, -0.1) is 0 Å². The van der Waals surface area contributed by atoms with E-state index < -0.39 is 23.1 Å². The summed E-state index contributed by atoms with van der Waals surface area (Å²) < 4.78 is 55.3. The van der Waals surface area contributed by atoms with E-state index in [1.165, 1.54) is 12.1 Å². The molecule has 0 aliphatic carbocycles. The molecule has 2 aromatic carbocycles. The maximum Gasteiger partial charge on any atom is 0.420 e. The number of hydrogen-bond donors (Lipinski definition) is 0. The first-order chi connectivity index (χ1) is 12.7. The first-order valence-electron chi connectivity index (χ1n) is 8.29. The van der Waals surface area contributed by atoms with Crippen molar-refractivity contribution in [2.24, 2.45) is 0 Å². The van der Waals surface area contributed by atoms with E-state index in [2.05, 4.69) is 20.8 Å². The summed E-state index contributed by atoms with van der Waals surface area (Å²) in [7, 11) is 0. The summed E-state index contributed by atoms with van der Waals surface area (Å²) in [6.07, 6.45) is -4.92. The second kappa shape index (κ2) is 7.39. The van der Waals surface area contributed by atoms with Gasteiger partial charge in [0.05, 0.1) is 17.3 Å². The number of nitrogens with zero attached hydrogens (tertiary/aromatic N) is 3. The second-order valence-electron chi connectivity index (χ2n) is 6.40. The zero-order valence-electron chi connectivity index (χ0n) is 14.4. The molecule has 0 amide bonds. The van der Waals surface area contributed by atoms with E-state index in [1.807, 2.05) is 31.2 Å². The molecule has 1 aliphatic heterocycles. The van der Waals surface area contributed by atoms with Crippen molar-refractivity contribution in [3.05, 3.63) is 57.8 Å². The van der Waals surface area contributed by atoms with Gasteiger partial charge in [-0.3, -0.25) is 0 Å². The molecular formula is C19H16BrF4N3. The summed E-state index contributed by atoms with van der Waals surface area (Å²) in [6, 6.07) is 11.4. The third-order valence-electron chi connectivity index (χ3n) is 4.65. The fourth-order valence-electron chi connectivity index (χ4n) is 3.37. The molecule has 2 aromatic rings. The van der Waals surface area contributed by atoms with Crippen LogP contribution in [-0.2, 0) is 6.18 Å². The molecule has 1 atom stereocenters. The first kappa shape index (κ1) is 19.5. The van der Waals surface area contributed by atoms with Crippen molar-refractivity contribution in [2.45, 2.75) is 19.1 Å². The Bertz CT molecular complexity index is 874. The van der Waals surface area contributed by atoms with Gasteiger partial charge in [-0.25, -0.2) is 4.39 Å². The molecule has 3 nitrogen and oxygen atoms in total. The van der Waals surface area contributed by atoms with Crippen LogP contribution in [0.25, 0.3) is 0 Å². The van der Waals surface area contributed by atoms with E-state index in [4.69, 9.17) is 5.26 Å². The van der Waals surface area contributed by atoms with E-state index in [-0.39, 0.29) is 11.7 Å². The van der Waals surface area contributed by atoms with Gasteiger partial charge < -0.3 is 9.80 Å². The minimum absolute atomic E-state index is 0.0238. The van der Waals surface area contributed by atoms with Gasteiger partial charge in [-0.2, -0.15) is 18.4 Å². The summed E-state index contributed by atoms with van der Waals surface area (Å²) in [5.74, 6) is -1.38. The monoisotopic (exact) mass is 441 g/mol. The smallest absolute Gasteiger partial charge is 0.365 e. The third-order valence-corrected chi connectivity index (χ3v) is 5.18. The summed E-state index contributed by atoms with van der Waals surface area (Å²) in [5, 5.41) is 8.89. The van der Waals surface area contributed by atoms with Crippen LogP contribution in [0.1, 0.15) is 18.1 Å². The molecule has 0 radical (unpaired) electrons. The molecule has 0 N–H and O–H groups in total. The predicted octanol–water partition coefficient (Wildman–Crippen LogP) is 5.19. The van der Waals surface area contributed by atoms with Gasteiger partial charge in [0.1, 0.15) is 5.56 Å². The van der Waals surface area contributed by atoms with Crippen LogP contribution in [0.4, 0.5) is 28.9 Å². The van der Waals surface area contributed by atoms with Crippen LogP contribution < -0.4 is 9.80 Å². The Morgan fingerprint density at radius 3 is 2.33 bits per heavy atom. The Labute approximate surface area is 162 Å². The summed E-state index contributed by atoms with van der Waals surface area (Å²) in [6.45, 7) is 3.24. The molecule has 0 spiro atoms. The molecular weight excluding hydrogens is 426 g/mol. The molecule has 1 fully saturated rings. The molecule has 0 aromatic heterocycles. The van der Waals surface area contributed by atoms with E-state index in [9.17, 15) is 17.6 Å². The number of anilines is 2. The maximum absolute atomic E-state index is 14.7. The number of nitriles is 1. The Kier molecular flexibility index (Phi) is 5.33. The van der Waals surface area contributed by atoms with Gasteiger partial charge in [-0.05, 0) is 43.3 Å². The van der Waals surface area contributed by atoms with Gasteiger partial charge in [0.25, 0.3) is 0 Å². The highest BCUT2D eigenvalue weighted by molar-refractivity contribution is 9.10. The number of rotatable bonds is 2. The van der Waals surface area contributed by atoms with Crippen LogP contribution in [0.15, 0.2) is 40.9 Å². The molecule has 3 rings (SSSR count). The van der Waals surface area contributed by atoms with Crippen molar-refractivity contribution in [3.8, 4) is 6.07 Å². The van der Waals surface area contributed by atoms with Crippen molar-refractivity contribution < 1.29 is 17.6 Å². The van der Waals surface area contributed by atoms with Gasteiger partial charge in [0.2, 0.25) is 0 Å². The summed E-state index contributed by atoms with van der Waals surface area (Å²) >= 11 is 3.38. The number of benzene rings is 2. The highest BCUT2D eigenvalue weighted by atomic mass is 79.9. The molecule has 1 saturated heterocycles. The van der Waals surface area contributed by atoms with Crippen LogP contribution in [0, 0.1) is 17.1 Å². The lowest BCUT2D eigenvalue weighted by Gasteiger charge is -2.42. The zero-order valence-corrected chi connectivity index (χ0v) is 16.0. The largest absolute Gasteiger partial charge is 0.420 e. The van der Waals surface area contributed by atoms with Crippen molar-refractivity contribution in [3.63, 3.8) is 0 Å². The molecule has 0 saturated carbocycles. The highest BCUT2D eigenvalue weighted by Crippen LogP contribution is 2.38. The van der Waals surface area contributed by atoms with Crippen LogP contribution in [-0.4, -0.2) is 25.7 Å². The van der Waals surface area contributed by atoms with Crippen molar-refractivity contribution in [2.75, 3.05) is 29.4 Å². The molecule has 27 heavy (non-hydrogen) atoms. The van der Waals surface area contributed by atoms with E-state index in [0.29, 0.717) is 19.6 Å². The van der Waals surface area contributed by atoms with Crippen molar-refractivity contribution in [1.82, 2.24) is 0 Å². The van der Waals surface area contributed by atoms with Gasteiger partial charge in [0, 0.05) is 35.8 Å². The average Bonchev–Trinajstić information content (AvgIpc) is 2.61. The Hall–Kier alpha value is -2.27. The maximum atomic E-state index is 14.7. The number of hydrogen-bond acceptors (Lipinski definition) is 3. The zero-order chi connectivity index (χ0) is 19.8. The fraction of sp³-hybridized carbons (Fsp3) is 0.316. The SMILES string of the molecule is C[C@H]1CN(c2ccc(C#N)c(C(F)(F)F)c2F)CCN1c1ccc(Br)cc1. The lowest BCUT2D eigenvalue weighted by atomic mass is 10.0. The number of piperazine rings is 1. The predicted molar refractivity (Wildman–Crippen MR) is 99.3 cm³/mol. The minimum atomic E-state index is -4.92. The Balaban J connectivity index is 1.87. The van der Waals surface area contributed by atoms with Gasteiger partial charge in [0.15, 0.2) is 5.82 Å². The quantitative estimate of drug-likeness (QED) is 0.600. The number of alkyl halides is 3. The van der Waals surface area contributed by atoms with E-state index in [1.54, 1.807) is 4.90 Å². The van der Waals surface area contributed by atoms with Crippen molar-refractivity contribution >= 4 is 27.3 Å². The van der Waals surface area contributed by atoms with E-state index in [0.717, 1.165) is 16.2 Å². The minimum Gasteiger partial charge on any atom is -0.365 e. The molecule has 0 unspecified atom stereocenters. The third kappa shape index (κ3) is 3.88. The van der Waals surface area contributed by atoms with Crippen LogP contribution in [0.3, 0.4) is 0 Å². The van der Waals surface area contributed by atoms with E-state index >= 15 is 0 Å². The molecule has 8 heteroatoms. The van der Waals surface area contributed by atoms with Gasteiger partial charge >= 0.3 is 6.18 Å². The topological polar surface area (TPSA) is 30.3 Å². The normalized spacial score (nSPS) is 17.7. The summed E-state index contributed by atoms with van der Waals surface area (Å²) in [4.78, 5) is 3.74. The second-order valence-corrected chi connectivity index (χ2v) is 7.31. The first-order valence-corrected chi connectivity index (χ1v) is 9.08. The fourth-order valence-corrected chi connectivity index (χ4v) is 3.64. The van der Waals surface area contributed by atoms with Crippen LogP contribution in [0.5, 0.6) is 0 Å². The molecule has 142 valence electrons. The molecule has 0 bridgehead atoms.